The van der Waals surface area contributed by atoms with Crippen LogP contribution in [0.1, 0.15) is 64.7 Å². The van der Waals surface area contributed by atoms with E-state index in [4.69, 9.17) is 0 Å². The predicted octanol–water partition coefficient (Wildman–Crippen LogP) is 2.67. The first-order chi connectivity index (χ1) is 20.6. The molecule has 6 atom stereocenters. The lowest BCUT2D eigenvalue weighted by Crippen LogP contribution is -2.71. The van der Waals surface area contributed by atoms with Crippen molar-refractivity contribution in [1.29, 1.82) is 0 Å². The maximum Gasteiger partial charge on any atom is 0.471 e. The summed E-state index contributed by atoms with van der Waals surface area (Å²) in [5.74, 6) is -13.7. The van der Waals surface area contributed by atoms with Gasteiger partial charge in [0, 0.05) is 24.9 Å². The van der Waals surface area contributed by atoms with E-state index in [1.54, 1.807) is 5.32 Å². The summed E-state index contributed by atoms with van der Waals surface area (Å²) in [6.45, 7) is 1.58. The molecule has 0 radical (unpaired) electrons. The molecule has 5 fully saturated rings. The highest BCUT2D eigenvalue weighted by Crippen LogP contribution is 2.49. The minimum Gasteiger partial charge on any atom is -0.461 e. The van der Waals surface area contributed by atoms with Crippen LogP contribution in [0.3, 0.4) is 0 Å². The minimum absolute atomic E-state index is 0.0577. The van der Waals surface area contributed by atoms with E-state index < -0.39 is 89.9 Å². The zero-order chi connectivity index (χ0) is 32.4. The van der Waals surface area contributed by atoms with E-state index in [0.717, 1.165) is 11.3 Å². The maximum absolute atomic E-state index is 15.2. The molecule has 10 nitrogen and oxygen atoms in total. The zero-order valence-electron chi connectivity index (χ0n) is 24.1. The van der Waals surface area contributed by atoms with Crippen molar-refractivity contribution < 1.29 is 55.1 Å². The van der Waals surface area contributed by atoms with Crippen LogP contribution in [0.15, 0.2) is 11.9 Å². The van der Waals surface area contributed by atoms with Gasteiger partial charge in [-0.1, -0.05) is 19.3 Å². The number of carbonyl (C=O) groups excluding carboxylic acids is 5. The molecule has 5 rings (SSSR count). The molecule has 3 aliphatic heterocycles. The zero-order valence-corrected chi connectivity index (χ0v) is 24.1. The Hall–Kier alpha value is -3.33. The smallest absolute Gasteiger partial charge is 0.461 e. The number of nitrogens with zero attached hydrogens (tertiary/aromatic N) is 1. The quantitative estimate of drug-likeness (QED) is 0.181. The van der Waals surface area contributed by atoms with Gasteiger partial charge in [0.25, 0.3) is 5.92 Å². The first-order valence-corrected chi connectivity index (χ1v) is 14.8. The Morgan fingerprint density at radius 2 is 1.80 bits per heavy atom. The van der Waals surface area contributed by atoms with E-state index in [0.29, 0.717) is 31.9 Å². The van der Waals surface area contributed by atoms with Gasteiger partial charge in [-0.2, -0.15) is 17.6 Å². The number of amides is 4. The number of carbonyl (C=O) groups is 5. The van der Waals surface area contributed by atoms with Gasteiger partial charge in [0.1, 0.15) is 12.1 Å². The minimum atomic E-state index is -5.31. The molecule has 5 aliphatic rings. The van der Waals surface area contributed by atoms with E-state index in [2.05, 4.69) is 15.4 Å². The van der Waals surface area contributed by atoms with E-state index in [1.807, 2.05) is 0 Å². The van der Waals surface area contributed by atoms with Crippen molar-refractivity contribution in [3.8, 4) is 0 Å². The summed E-state index contributed by atoms with van der Waals surface area (Å²) in [5.41, 5.74) is 0. The number of nitrogens with one attached hydrogen (secondary N) is 3. The molecular formula is C28H36F6N4O6. The third-order valence-electron chi connectivity index (χ3n) is 8.96. The average Bonchev–Trinajstić information content (AvgIpc) is 3.31. The monoisotopic (exact) mass is 638 g/mol. The molecule has 2 saturated carbocycles. The number of rotatable bonds is 11. The number of hydrogen-bond donors (Lipinski definition) is 3. The van der Waals surface area contributed by atoms with Crippen LogP contribution >= 0.6 is 0 Å². The molecule has 2 bridgehead atoms. The summed E-state index contributed by atoms with van der Waals surface area (Å²) in [6.07, 6.45) is -3.60. The van der Waals surface area contributed by atoms with Crippen molar-refractivity contribution in [1.82, 2.24) is 20.9 Å². The van der Waals surface area contributed by atoms with Gasteiger partial charge >= 0.3 is 18.1 Å². The van der Waals surface area contributed by atoms with Crippen molar-refractivity contribution in [3.05, 3.63) is 11.9 Å². The maximum atomic E-state index is 15.2. The number of ether oxygens (including phenoxy) is 1. The molecule has 0 aromatic carbocycles. The van der Waals surface area contributed by atoms with Crippen molar-refractivity contribution >= 4 is 29.6 Å². The van der Waals surface area contributed by atoms with Gasteiger partial charge in [0.2, 0.25) is 23.5 Å². The van der Waals surface area contributed by atoms with E-state index in [1.165, 1.54) is 6.92 Å². The average molecular weight is 639 g/mol. The van der Waals surface area contributed by atoms with Crippen LogP contribution in [0, 0.1) is 17.8 Å². The lowest BCUT2D eigenvalue weighted by atomic mass is 9.71. The van der Waals surface area contributed by atoms with Crippen LogP contribution < -0.4 is 16.0 Å². The topological polar surface area (TPSA) is 134 Å². The molecule has 0 aromatic rings. The van der Waals surface area contributed by atoms with Gasteiger partial charge in [-0.3, -0.25) is 19.2 Å². The first kappa shape index (κ1) is 33.6. The second-order valence-corrected chi connectivity index (χ2v) is 11.9. The Morgan fingerprint density at radius 1 is 1.09 bits per heavy atom. The number of halogens is 6. The van der Waals surface area contributed by atoms with Crippen molar-refractivity contribution in [2.45, 2.75) is 101 Å². The SMILES string of the molecule is CCOC(=O)/C(F)=C/[C@H](C[C@@H]1CCNC1=O)NC(=O)[C@H]1[C@@H]2CC[C@@H](CC2(F)F)N1C(=O)[C@H](CC1CCC1)NC(=O)C(F)(F)F. The van der Waals surface area contributed by atoms with Crippen LogP contribution in [0.25, 0.3) is 0 Å². The number of esters is 1. The molecule has 4 amide bonds. The summed E-state index contributed by atoms with van der Waals surface area (Å²) in [4.78, 5) is 64.4. The third kappa shape index (κ3) is 7.48. The largest absolute Gasteiger partial charge is 0.471 e. The lowest BCUT2D eigenvalue weighted by Gasteiger charge is -2.54. The molecule has 16 heteroatoms. The fraction of sp³-hybridized carbons (Fsp3) is 0.750. The summed E-state index contributed by atoms with van der Waals surface area (Å²) in [5, 5.41) is 6.69. The van der Waals surface area contributed by atoms with Crippen molar-refractivity contribution in [2.24, 2.45) is 17.8 Å². The van der Waals surface area contributed by atoms with Crippen LogP contribution in [0.4, 0.5) is 26.3 Å². The van der Waals surface area contributed by atoms with Gasteiger partial charge in [-0.05, 0) is 51.0 Å². The van der Waals surface area contributed by atoms with Gasteiger partial charge in [-0.15, -0.1) is 0 Å². The molecule has 3 saturated heterocycles. The lowest BCUT2D eigenvalue weighted by molar-refractivity contribution is -0.196. The Balaban J connectivity index is 1.64. The standard InChI is InChI=1S/C28H36F6N4O6/c1-2-44-25(42)19(29)12-16(11-15-8-9-35-22(15)39)36-23(40)21-18-7-6-17(13-27(18,30)31)38(21)24(41)20(10-14-4-3-5-14)37-26(43)28(32,33)34/h12,14-18,20-21H,2-11,13H2,1H3,(H,35,39)(H,36,40)(H,37,43)/b19-12-/t15-,16-,17-,18-,20-,21+/m0/s1. The molecule has 44 heavy (non-hydrogen) atoms. The van der Waals surface area contributed by atoms with Crippen LogP contribution in [0.5, 0.6) is 0 Å². The normalized spacial score (nSPS) is 28.0. The Labute approximate surface area is 249 Å². The molecule has 0 spiro atoms. The summed E-state index contributed by atoms with van der Waals surface area (Å²) in [7, 11) is 0. The van der Waals surface area contributed by atoms with E-state index >= 15 is 8.78 Å². The van der Waals surface area contributed by atoms with Crippen LogP contribution in [-0.4, -0.2) is 83.9 Å². The van der Waals surface area contributed by atoms with Crippen LogP contribution in [-0.2, 0) is 28.7 Å². The van der Waals surface area contributed by atoms with Crippen LogP contribution in [0.2, 0.25) is 0 Å². The highest BCUT2D eigenvalue weighted by molar-refractivity contribution is 5.94. The van der Waals surface area contributed by atoms with Gasteiger partial charge in [0.05, 0.1) is 18.6 Å². The predicted molar refractivity (Wildman–Crippen MR) is 140 cm³/mol. The Morgan fingerprint density at radius 3 is 2.34 bits per heavy atom. The van der Waals surface area contributed by atoms with Crippen molar-refractivity contribution in [2.75, 3.05) is 13.2 Å². The van der Waals surface area contributed by atoms with Gasteiger partial charge in [-0.25, -0.2) is 13.6 Å². The number of alkyl halides is 5. The highest BCUT2D eigenvalue weighted by atomic mass is 19.4. The number of hydrogen-bond acceptors (Lipinski definition) is 6. The molecule has 3 heterocycles. The molecular weight excluding hydrogens is 602 g/mol. The molecule has 0 aromatic heterocycles. The first-order valence-electron chi connectivity index (χ1n) is 14.8. The molecule has 2 aliphatic carbocycles. The Kier molecular flexibility index (Phi) is 10.2. The fourth-order valence-electron chi connectivity index (χ4n) is 6.59. The number of piperidine rings is 2. The van der Waals surface area contributed by atoms with E-state index in [-0.39, 0.29) is 38.2 Å². The summed E-state index contributed by atoms with van der Waals surface area (Å²) < 4.78 is 89.1. The van der Waals surface area contributed by atoms with E-state index in [9.17, 15) is 41.5 Å². The number of fused-ring (bicyclic) bond motifs is 3. The third-order valence-corrected chi connectivity index (χ3v) is 8.96. The Bertz CT molecular complexity index is 1180. The molecule has 3 N–H and O–H groups in total. The van der Waals surface area contributed by atoms with Gasteiger partial charge < -0.3 is 25.6 Å². The van der Waals surface area contributed by atoms with Gasteiger partial charge in [0.15, 0.2) is 0 Å². The summed E-state index contributed by atoms with van der Waals surface area (Å²) >= 11 is 0. The fourth-order valence-corrected chi connectivity index (χ4v) is 6.59. The van der Waals surface area contributed by atoms with Crippen molar-refractivity contribution in [3.63, 3.8) is 0 Å². The summed E-state index contributed by atoms with van der Waals surface area (Å²) in [6, 6.07) is -6.15. The molecule has 0 unspecified atom stereocenters. The second kappa shape index (κ2) is 13.3. The highest BCUT2D eigenvalue weighted by Gasteiger charge is 2.61. The molecule has 246 valence electrons. The second-order valence-electron chi connectivity index (χ2n) is 11.9.